The zero-order chi connectivity index (χ0) is 27.4. The molecule has 3 aliphatic rings. The smallest absolute Gasteiger partial charge is 0.335 e. The van der Waals surface area contributed by atoms with Crippen LogP contribution in [0.3, 0.4) is 0 Å². The van der Waals surface area contributed by atoms with E-state index in [2.05, 4.69) is 14.6 Å². The molecule has 0 unspecified atom stereocenters. The van der Waals surface area contributed by atoms with Gasteiger partial charge in [0, 0.05) is 17.0 Å². The van der Waals surface area contributed by atoms with Gasteiger partial charge in [0.15, 0.2) is 12.4 Å². The maximum Gasteiger partial charge on any atom is 0.471 e. The van der Waals surface area contributed by atoms with E-state index < -0.39 is 60.7 Å². The van der Waals surface area contributed by atoms with Crippen molar-refractivity contribution >= 4 is 7.82 Å². The fraction of sp³-hybridized carbons (Fsp3) is 0.375. The summed E-state index contributed by atoms with van der Waals surface area (Å²) in [7, 11) is -5.15. The molecule has 0 saturated heterocycles. The maximum absolute atomic E-state index is 16.9. The molecular formula is C24H21F4N4O5P. The quantitative estimate of drug-likeness (QED) is 0.218. The van der Waals surface area contributed by atoms with Crippen LogP contribution in [0.4, 0.5) is 17.6 Å². The highest BCUT2D eigenvalue weighted by atomic mass is 31.2. The van der Waals surface area contributed by atoms with Crippen molar-refractivity contribution in [3.63, 3.8) is 0 Å². The summed E-state index contributed by atoms with van der Waals surface area (Å²) in [4.78, 5) is 21.9. The number of ether oxygens (including phenoxy) is 1. The molecule has 0 aliphatic heterocycles. The Hall–Kier alpha value is -3.14. The average Bonchev–Trinajstić information content (AvgIpc) is 3.29. The van der Waals surface area contributed by atoms with Gasteiger partial charge in [0.25, 0.3) is 5.92 Å². The number of phosphoric acid groups is 1. The van der Waals surface area contributed by atoms with Gasteiger partial charge in [-0.15, -0.1) is 0 Å². The van der Waals surface area contributed by atoms with Crippen LogP contribution in [0, 0.1) is 28.4 Å². The number of nitrogens with zero attached hydrogens (tertiary/aromatic N) is 4. The van der Waals surface area contributed by atoms with Crippen LogP contribution in [0.15, 0.2) is 55.1 Å². The minimum atomic E-state index is -5.15. The molecule has 0 amide bonds. The Balaban J connectivity index is 1.56. The normalized spacial score (nSPS) is 24.1. The van der Waals surface area contributed by atoms with E-state index >= 15 is 13.2 Å². The van der Waals surface area contributed by atoms with Gasteiger partial charge >= 0.3 is 7.82 Å². The minimum absolute atomic E-state index is 0.00350. The number of hydrogen-bond donors (Lipinski definition) is 2. The summed E-state index contributed by atoms with van der Waals surface area (Å²) in [6.45, 7) is -2.14. The van der Waals surface area contributed by atoms with Crippen molar-refractivity contribution in [1.29, 1.82) is 5.26 Å². The Morgan fingerprint density at radius 3 is 2.37 bits per heavy atom. The third-order valence-electron chi connectivity index (χ3n) is 7.57. The maximum atomic E-state index is 16.9. The van der Waals surface area contributed by atoms with Crippen molar-refractivity contribution in [2.45, 2.75) is 42.7 Å². The van der Waals surface area contributed by atoms with Gasteiger partial charge in [-0.1, -0.05) is 12.1 Å². The van der Waals surface area contributed by atoms with Gasteiger partial charge in [-0.25, -0.2) is 31.8 Å². The largest absolute Gasteiger partial charge is 0.471 e. The fourth-order valence-corrected chi connectivity index (χ4v) is 6.07. The molecule has 3 aromatic rings. The van der Waals surface area contributed by atoms with Crippen molar-refractivity contribution in [2.24, 2.45) is 5.41 Å². The van der Waals surface area contributed by atoms with Crippen LogP contribution in [0.1, 0.15) is 36.0 Å². The first-order valence-corrected chi connectivity index (χ1v) is 12.9. The number of aromatic nitrogens is 3. The Morgan fingerprint density at radius 2 is 1.82 bits per heavy atom. The number of rotatable bonds is 10. The Labute approximate surface area is 213 Å². The Bertz CT molecular complexity index is 1420. The van der Waals surface area contributed by atoms with Gasteiger partial charge < -0.3 is 14.5 Å². The molecule has 2 aromatic carbocycles. The lowest BCUT2D eigenvalue weighted by Crippen LogP contribution is -2.76. The van der Waals surface area contributed by atoms with Crippen LogP contribution in [0.25, 0.3) is 0 Å². The van der Waals surface area contributed by atoms with Crippen LogP contribution >= 0.6 is 7.82 Å². The van der Waals surface area contributed by atoms with Gasteiger partial charge in [0.2, 0.25) is 0 Å². The molecule has 200 valence electrons. The summed E-state index contributed by atoms with van der Waals surface area (Å²) in [5.74, 6) is -6.22. The molecule has 0 radical (unpaired) electrons. The molecule has 2 bridgehead atoms. The van der Waals surface area contributed by atoms with Crippen LogP contribution < -0.4 is 0 Å². The summed E-state index contributed by atoms with van der Waals surface area (Å²) >= 11 is 0. The van der Waals surface area contributed by atoms with Crippen molar-refractivity contribution in [1.82, 2.24) is 14.8 Å². The number of phosphoric ester groups is 1. The molecule has 0 spiro atoms. The van der Waals surface area contributed by atoms with Crippen LogP contribution in [0.5, 0.6) is 0 Å². The molecule has 14 heteroatoms. The molecule has 38 heavy (non-hydrogen) atoms. The van der Waals surface area contributed by atoms with Crippen molar-refractivity contribution in [3.05, 3.63) is 83.4 Å². The highest BCUT2D eigenvalue weighted by Crippen LogP contribution is 2.80. The third-order valence-corrected chi connectivity index (χ3v) is 8.02. The second-order valence-electron chi connectivity index (χ2n) is 9.78. The molecule has 2 N–H and O–H groups in total. The molecule has 3 aliphatic carbocycles. The van der Waals surface area contributed by atoms with E-state index in [9.17, 15) is 8.96 Å². The number of alkyl halides is 2. The van der Waals surface area contributed by atoms with Crippen LogP contribution in [-0.2, 0) is 31.4 Å². The predicted molar refractivity (Wildman–Crippen MR) is 121 cm³/mol. The van der Waals surface area contributed by atoms with Gasteiger partial charge in [0.05, 0.1) is 18.2 Å². The third kappa shape index (κ3) is 4.13. The summed E-state index contributed by atoms with van der Waals surface area (Å²) < 4.78 is 84.7. The number of hydrogen-bond acceptors (Lipinski definition) is 6. The van der Waals surface area contributed by atoms with E-state index in [-0.39, 0.29) is 19.3 Å². The topological polar surface area (TPSA) is 130 Å². The molecular weight excluding hydrogens is 531 g/mol. The predicted octanol–water partition coefficient (Wildman–Crippen LogP) is 4.16. The molecule has 1 heterocycles. The van der Waals surface area contributed by atoms with E-state index in [1.807, 2.05) is 6.07 Å². The van der Waals surface area contributed by atoms with E-state index in [1.54, 1.807) is 24.3 Å². The highest BCUT2D eigenvalue weighted by Gasteiger charge is 2.82. The van der Waals surface area contributed by atoms with Crippen molar-refractivity contribution < 1.29 is 41.2 Å². The molecule has 1 aromatic heterocycles. The number of halogens is 4. The summed E-state index contributed by atoms with van der Waals surface area (Å²) in [5.41, 5.74) is -4.67. The molecule has 9 nitrogen and oxygen atoms in total. The molecule has 3 saturated carbocycles. The zero-order valence-corrected chi connectivity index (χ0v) is 20.5. The van der Waals surface area contributed by atoms with Gasteiger partial charge in [0.1, 0.15) is 24.3 Å². The first-order chi connectivity index (χ1) is 17.9. The molecule has 6 rings (SSSR count). The lowest BCUT2D eigenvalue weighted by molar-refractivity contribution is -0.363. The summed E-state index contributed by atoms with van der Waals surface area (Å²) in [6.07, 6.45) is 2.17. The second-order valence-corrected chi connectivity index (χ2v) is 11.0. The van der Waals surface area contributed by atoms with E-state index in [4.69, 9.17) is 19.8 Å². The van der Waals surface area contributed by atoms with Crippen LogP contribution in [0.2, 0.25) is 0 Å². The molecule has 3 fully saturated rings. The SMILES string of the molecule is N#Cc1ccc(C23CC(C(F)(F)[C@@](Cn4cncn4)(OCOP(=O)(O)O)c4ccc(F)cc4F)(C2)C3)cc1. The second kappa shape index (κ2) is 8.97. The van der Waals surface area contributed by atoms with Crippen molar-refractivity contribution in [2.75, 3.05) is 6.79 Å². The average molecular weight is 552 g/mol. The monoisotopic (exact) mass is 552 g/mol. The van der Waals surface area contributed by atoms with E-state index in [0.29, 0.717) is 11.6 Å². The molecule has 1 atom stereocenters. The van der Waals surface area contributed by atoms with E-state index in [0.717, 1.165) is 35.0 Å². The lowest BCUT2D eigenvalue weighted by atomic mass is 9.30. The highest BCUT2D eigenvalue weighted by molar-refractivity contribution is 7.46. The lowest BCUT2D eigenvalue weighted by Gasteiger charge is -2.74. The minimum Gasteiger partial charge on any atom is -0.335 e. The van der Waals surface area contributed by atoms with E-state index in [1.165, 1.54) is 0 Å². The van der Waals surface area contributed by atoms with Gasteiger partial charge in [-0.2, -0.15) is 10.4 Å². The summed E-state index contributed by atoms with van der Waals surface area (Å²) in [6, 6.07) is 10.7. The van der Waals surface area contributed by atoms with Gasteiger partial charge in [-0.3, -0.25) is 4.52 Å². The number of nitriles is 1. The fourth-order valence-electron chi connectivity index (χ4n) is 5.88. The number of benzene rings is 2. The van der Waals surface area contributed by atoms with Crippen molar-refractivity contribution in [3.8, 4) is 6.07 Å². The first-order valence-electron chi connectivity index (χ1n) is 11.4. The Morgan fingerprint density at radius 1 is 1.13 bits per heavy atom. The van der Waals surface area contributed by atoms with Gasteiger partial charge in [-0.05, 0) is 54.5 Å². The summed E-state index contributed by atoms with van der Waals surface area (Å²) in [5, 5.41) is 12.9. The Kier molecular flexibility index (Phi) is 6.24. The first kappa shape index (κ1) is 26.5. The standard InChI is InChI=1S/C24H21F4N4O5P/c25-18-5-6-19(20(26)7-18)23(12-32-14-30-13-31-32,36-15-37-38(33,34)35)24(27,28)22-9-21(10-22,11-22)17-3-1-16(8-29)2-4-17/h1-7,13-14H,9-12,15H2,(H2,33,34,35)/t21?,22?,23-/m0/s1. The van der Waals surface area contributed by atoms with Crippen LogP contribution in [-0.4, -0.2) is 37.3 Å². The zero-order valence-electron chi connectivity index (χ0n) is 19.6.